The highest BCUT2D eigenvalue weighted by atomic mass is 14.6. The van der Waals surface area contributed by atoms with Gasteiger partial charge in [-0.1, -0.05) is 45.8 Å². The molecule has 1 atom stereocenters. The van der Waals surface area contributed by atoms with E-state index in [1.807, 2.05) is 0 Å². The van der Waals surface area contributed by atoms with Gasteiger partial charge in [-0.15, -0.1) is 0 Å². The molecule has 0 fully saturated rings. The Labute approximate surface area is 95.1 Å². The Morgan fingerprint density at radius 3 is 2.67 bits per heavy atom. The fourth-order valence-electron chi connectivity index (χ4n) is 2.65. The molecule has 2 N–H and O–H groups in total. The monoisotopic (exact) mass is 209 g/mol. The van der Waals surface area contributed by atoms with Crippen LogP contribution in [0.4, 0.5) is 0 Å². The summed E-state index contributed by atoms with van der Waals surface area (Å²) in [5.41, 5.74) is 8.07. The minimum atomic E-state index is 0.294. The van der Waals surface area contributed by atoms with Crippen molar-refractivity contribution >= 4 is 0 Å². The lowest BCUT2D eigenvalue weighted by Crippen LogP contribution is -2.30. The Bertz CT molecular complexity index is 225. The predicted octanol–water partition coefficient (Wildman–Crippen LogP) is 3.89. The van der Waals surface area contributed by atoms with Crippen molar-refractivity contribution in [3.05, 3.63) is 11.6 Å². The van der Waals surface area contributed by atoms with Crippen molar-refractivity contribution in [1.29, 1.82) is 0 Å². The topological polar surface area (TPSA) is 26.0 Å². The fourth-order valence-corrected chi connectivity index (χ4v) is 2.65. The maximum atomic E-state index is 6.06. The first-order chi connectivity index (χ1) is 6.89. The second kappa shape index (κ2) is 5.16. The van der Waals surface area contributed by atoms with E-state index in [1.165, 1.54) is 25.7 Å². The molecule has 1 nitrogen and oxygen atoms in total. The molecule has 1 heteroatoms. The van der Waals surface area contributed by atoms with E-state index in [-0.39, 0.29) is 0 Å². The lowest BCUT2D eigenvalue weighted by Gasteiger charge is -2.33. The first-order valence-corrected chi connectivity index (χ1v) is 6.34. The Hall–Kier alpha value is -0.300. The van der Waals surface area contributed by atoms with Gasteiger partial charge in [-0.3, -0.25) is 0 Å². The molecule has 0 aromatic carbocycles. The van der Waals surface area contributed by atoms with Crippen LogP contribution in [0.25, 0.3) is 0 Å². The first kappa shape index (κ1) is 12.8. The molecular formula is C14H27N. The van der Waals surface area contributed by atoms with Gasteiger partial charge in [0, 0.05) is 6.04 Å². The van der Waals surface area contributed by atoms with Gasteiger partial charge in [0.05, 0.1) is 0 Å². The summed E-state index contributed by atoms with van der Waals surface area (Å²) in [6.07, 6.45) is 8.62. The lowest BCUT2D eigenvalue weighted by molar-refractivity contribution is 0.296. The van der Waals surface area contributed by atoms with Crippen LogP contribution in [-0.4, -0.2) is 6.04 Å². The summed E-state index contributed by atoms with van der Waals surface area (Å²) in [6.45, 7) is 9.26. The van der Waals surface area contributed by atoms with E-state index < -0.39 is 0 Å². The highest BCUT2D eigenvalue weighted by Crippen LogP contribution is 2.36. The second-order valence-corrected chi connectivity index (χ2v) is 6.32. The largest absolute Gasteiger partial charge is 0.324 e. The fraction of sp³-hybridized carbons (Fsp3) is 0.857. The van der Waals surface area contributed by atoms with E-state index in [1.54, 1.807) is 5.57 Å². The molecule has 1 unspecified atom stereocenters. The molecular weight excluding hydrogens is 182 g/mol. The molecule has 0 saturated heterocycles. The van der Waals surface area contributed by atoms with Crippen LogP contribution >= 0.6 is 0 Å². The van der Waals surface area contributed by atoms with E-state index in [4.69, 9.17) is 5.73 Å². The van der Waals surface area contributed by atoms with Gasteiger partial charge < -0.3 is 5.73 Å². The van der Waals surface area contributed by atoms with Crippen LogP contribution in [0.2, 0.25) is 0 Å². The third-order valence-corrected chi connectivity index (χ3v) is 3.22. The van der Waals surface area contributed by atoms with Gasteiger partial charge in [0.1, 0.15) is 0 Å². The number of rotatable bonds is 4. The van der Waals surface area contributed by atoms with Gasteiger partial charge >= 0.3 is 0 Å². The third-order valence-electron chi connectivity index (χ3n) is 3.22. The zero-order chi connectivity index (χ0) is 11.5. The van der Waals surface area contributed by atoms with Crippen molar-refractivity contribution in [3.63, 3.8) is 0 Å². The molecule has 1 rings (SSSR count). The van der Waals surface area contributed by atoms with E-state index in [0.29, 0.717) is 11.5 Å². The molecule has 0 spiro atoms. The average Bonchev–Trinajstić information content (AvgIpc) is 1.98. The van der Waals surface area contributed by atoms with Crippen LogP contribution in [0.1, 0.15) is 59.8 Å². The molecule has 0 aromatic heterocycles. The van der Waals surface area contributed by atoms with Gasteiger partial charge in [0.2, 0.25) is 0 Å². The number of hydrogen-bond acceptors (Lipinski definition) is 1. The third kappa shape index (κ3) is 4.83. The molecule has 0 radical (unpaired) electrons. The smallest absolute Gasteiger partial charge is 0.0231 e. The molecule has 15 heavy (non-hydrogen) atoms. The Morgan fingerprint density at radius 2 is 2.13 bits per heavy atom. The van der Waals surface area contributed by atoms with E-state index in [0.717, 1.165) is 12.3 Å². The normalized spacial score (nSPS) is 25.5. The van der Waals surface area contributed by atoms with Crippen molar-refractivity contribution in [2.45, 2.75) is 65.8 Å². The highest BCUT2D eigenvalue weighted by molar-refractivity contribution is 5.14. The van der Waals surface area contributed by atoms with Crippen LogP contribution in [0, 0.1) is 11.3 Å². The van der Waals surface area contributed by atoms with Crippen LogP contribution in [-0.2, 0) is 0 Å². The minimum Gasteiger partial charge on any atom is -0.324 e. The van der Waals surface area contributed by atoms with Crippen LogP contribution in [0.5, 0.6) is 0 Å². The van der Waals surface area contributed by atoms with Crippen molar-refractivity contribution in [2.24, 2.45) is 17.1 Å². The van der Waals surface area contributed by atoms with Gasteiger partial charge in [0.15, 0.2) is 0 Å². The SMILES string of the molecule is CC(C)CCCC1=CC(N)CC(C)(C)C1. The molecule has 1 aliphatic carbocycles. The molecule has 0 bridgehead atoms. The summed E-state index contributed by atoms with van der Waals surface area (Å²) in [5.74, 6) is 0.830. The maximum absolute atomic E-state index is 6.06. The molecule has 0 heterocycles. The predicted molar refractivity (Wildman–Crippen MR) is 67.8 cm³/mol. The van der Waals surface area contributed by atoms with E-state index in [9.17, 15) is 0 Å². The van der Waals surface area contributed by atoms with E-state index in [2.05, 4.69) is 33.8 Å². The zero-order valence-corrected chi connectivity index (χ0v) is 10.8. The number of hydrogen-bond donors (Lipinski definition) is 1. The first-order valence-electron chi connectivity index (χ1n) is 6.34. The zero-order valence-electron chi connectivity index (χ0n) is 10.8. The van der Waals surface area contributed by atoms with Crippen LogP contribution < -0.4 is 5.73 Å². The summed E-state index contributed by atoms with van der Waals surface area (Å²) in [5, 5.41) is 0. The van der Waals surface area contributed by atoms with Crippen molar-refractivity contribution in [3.8, 4) is 0 Å². The van der Waals surface area contributed by atoms with Crippen molar-refractivity contribution < 1.29 is 0 Å². The molecule has 0 aliphatic heterocycles. The summed E-state index contributed by atoms with van der Waals surface area (Å²) >= 11 is 0. The quantitative estimate of drug-likeness (QED) is 0.698. The highest BCUT2D eigenvalue weighted by Gasteiger charge is 2.26. The standard InChI is InChI=1S/C14H27N/c1-11(2)6-5-7-12-8-13(15)10-14(3,4)9-12/h8,11,13H,5-7,9-10,15H2,1-4H3. The Morgan fingerprint density at radius 1 is 1.47 bits per heavy atom. The molecule has 0 saturated carbocycles. The molecule has 0 amide bonds. The number of allylic oxidation sites excluding steroid dienone is 1. The summed E-state index contributed by atoms with van der Waals surface area (Å²) in [7, 11) is 0. The Balaban J connectivity index is 2.41. The van der Waals surface area contributed by atoms with Gasteiger partial charge in [-0.25, -0.2) is 0 Å². The summed E-state index contributed by atoms with van der Waals surface area (Å²) in [4.78, 5) is 0. The van der Waals surface area contributed by atoms with Crippen LogP contribution in [0.3, 0.4) is 0 Å². The maximum Gasteiger partial charge on any atom is 0.0231 e. The Kier molecular flexibility index (Phi) is 4.39. The van der Waals surface area contributed by atoms with Gasteiger partial charge in [0.25, 0.3) is 0 Å². The summed E-state index contributed by atoms with van der Waals surface area (Å²) < 4.78 is 0. The van der Waals surface area contributed by atoms with E-state index >= 15 is 0 Å². The van der Waals surface area contributed by atoms with Gasteiger partial charge in [-0.05, 0) is 37.0 Å². The van der Waals surface area contributed by atoms with Crippen molar-refractivity contribution in [1.82, 2.24) is 0 Å². The van der Waals surface area contributed by atoms with Gasteiger partial charge in [-0.2, -0.15) is 0 Å². The number of nitrogens with two attached hydrogens (primary N) is 1. The minimum absolute atomic E-state index is 0.294. The second-order valence-electron chi connectivity index (χ2n) is 6.32. The van der Waals surface area contributed by atoms with Crippen molar-refractivity contribution in [2.75, 3.05) is 0 Å². The lowest BCUT2D eigenvalue weighted by atomic mass is 9.74. The summed E-state index contributed by atoms with van der Waals surface area (Å²) in [6, 6.07) is 0.294. The molecule has 88 valence electrons. The molecule has 1 aliphatic rings. The molecule has 0 aromatic rings. The average molecular weight is 209 g/mol. The van der Waals surface area contributed by atoms with Crippen LogP contribution in [0.15, 0.2) is 11.6 Å².